The summed E-state index contributed by atoms with van der Waals surface area (Å²) in [6.07, 6.45) is 2.39. The van der Waals surface area contributed by atoms with Crippen LogP contribution < -0.4 is 5.32 Å². The molecule has 1 aromatic carbocycles. The van der Waals surface area contributed by atoms with Crippen LogP contribution in [0.25, 0.3) is 0 Å². The zero-order valence-electron chi connectivity index (χ0n) is 15.5. The van der Waals surface area contributed by atoms with Crippen molar-refractivity contribution in [2.75, 3.05) is 26.7 Å². The number of hydrogen-bond donors (Lipinski definition) is 1. The molecule has 0 radical (unpaired) electrons. The average Bonchev–Trinajstić information content (AvgIpc) is 2.68. The lowest BCUT2D eigenvalue weighted by Crippen LogP contribution is -2.47. The fraction of sp³-hybridized carbons (Fsp3) is 0.600. The van der Waals surface area contributed by atoms with Crippen molar-refractivity contribution in [3.8, 4) is 0 Å². The van der Waals surface area contributed by atoms with Crippen LogP contribution in [0.2, 0.25) is 0 Å². The van der Waals surface area contributed by atoms with Gasteiger partial charge in [-0.3, -0.25) is 9.59 Å². The Labute approximate surface area is 150 Å². The Morgan fingerprint density at radius 1 is 1.32 bits per heavy atom. The number of piperidine rings is 1. The molecule has 1 N–H and O–H groups in total. The lowest BCUT2D eigenvalue weighted by Gasteiger charge is -2.33. The highest BCUT2D eigenvalue weighted by molar-refractivity contribution is 5.82. The molecule has 1 saturated heterocycles. The van der Waals surface area contributed by atoms with Crippen LogP contribution in [0.5, 0.6) is 0 Å². The maximum Gasteiger partial charge on any atom is 0.225 e. The van der Waals surface area contributed by atoms with E-state index in [1.807, 2.05) is 49.1 Å². The summed E-state index contributed by atoms with van der Waals surface area (Å²) in [7, 11) is 1.65. The molecule has 0 saturated carbocycles. The van der Waals surface area contributed by atoms with Crippen LogP contribution in [0.4, 0.5) is 0 Å². The van der Waals surface area contributed by atoms with Crippen molar-refractivity contribution >= 4 is 11.8 Å². The van der Waals surface area contributed by atoms with E-state index in [2.05, 4.69) is 5.32 Å². The van der Waals surface area contributed by atoms with E-state index in [1.54, 1.807) is 7.11 Å². The molecule has 5 heteroatoms. The van der Waals surface area contributed by atoms with Crippen molar-refractivity contribution in [1.29, 1.82) is 0 Å². The molecule has 0 spiro atoms. The molecule has 1 aliphatic heterocycles. The molecule has 0 aliphatic carbocycles. The second-order valence-corrected chi connectivity index (χ2v) is 6.81. The standard InChI is InChI=1S/C20H30N2O3/c1-4-15(2)20(24)22-12-8-11-17(14-22)19(23)21-13-18(25-3)16-9-6-5-7-10-16/h5-7,9-10,15,17-18H,4,8,11-14H2,1-3H3,(H,21,23)/t15-,17-,18-/m0/s1. The van der Waals surface area contributed by atoms with Gasteiger partial charge in [0.1, 0.15) is 0 Å². The predicted octanol–water partition coefficient (Wildman–Crippen LogP) is 2.78. The Kier molecular flexibility index (Phi) is 7.44. The fourth-order valence-electron chi connectivity index (χ4n) is 3.22. The lowest BCUT2D eigenvalue weighted by atomic mass is 9.95. The molecule has 0 unspecified atom stereocenters. The highest BCUT2D eigenvalue weighted by Gasteiger charge is 2.30. The maximum atomic E-state index is 12.6. The summed E-state index contributed by atoms with van der Waals surface area (Å²) in [6.45, 7) is 5.70. The number of carbonyl (C=O) groups excluding carboxylic acids is 2. The fourth-order valence-corrected chi connectivity index (χ4v) is 3.22. The van der Waals surface area contributed by atoms with Crippen molar-refractivity contribution < 1.29 is 14.3 Å². The van der Waals surface area contributed by atoms with Gasteiger partial charge in [-0.05, 0) is 24.8 Å². The van der Waals surface area contributed by atoms with Gasteiger partial charge < -0.3 is 15.0 Å². The first-order valence-electron chi connectivity index (χ1n) is 9.21. The van der Waals surface area contributed by atoms with Gasteiger partial charge in [0.2, 0.25) is 11.8 Å². The lowest BCUT2D eigenvalue weighted by molar-refractivity contribution is -0.139. The summed E-state index contributed by atoms with van der Waals surface area (Å²) in [6, 6.07) is 9.87. The molecule has 0 bridgehead atoms. The second-order valence-electron chi connectivity index (χ2n) is 6.81. The minimum atomic E-state index is -0.161. The molecule has 2 amide bonds. The number of amides is 2. The van der Waals surface area contributed by atoms with Gasteiger partial charge in [0.05, 0.1) is 12.0 Å². The molecule has 0 aromatic heterocycles. The van der Waals surface area contributed by atoms with Gasteiger partial charge in [-0.15, -0.1) is 0 Å². The van der Waals surface area contributed by atoms with Gasteiger partial charge >= 0.3 is 0 Å². The summed E-state index contributed by atoms with van der Waals surface area (Å²) >= 11 is 0. The third-order valence-electron chi connectivity index (χ3n) is 5.06. The van der Waals surface area contributed by atoms with Gasteiger partial charge in [0, 0.05) is 32.7 Å². The Bertz CT molecular complexity index is 561. The van der Waals surface area contributed by atoms with Crippen LogP contribution in [0, 0.1) is 11.8 Å². The number of carbonyl (C=O) groups is 2. The molecule has 5 nitrogen and oxygen atoms in total. The molecule has 1 fully saturated rings. The molecule has 3 atom stereocenters. The quantitative estimate of drug-likeness (QED) is 0.826. The largest absolute Gasteiger partial charge is 0.375 e. The summed E-state index contributed by atoms with van der Waals surface area (Å²) in [5, 5.41) is 3.00. The van der Waals surface area contributed by atoms with Crippen molar-refractivity contribution in [1.82, 2.24) is 10.2 Å². The number of ether oxygens (including phenoxy) is 1. The monoisotopic (exact) mass is 346 g/mol. The number of hydrogen-bond acceptors (Lipinski definition) is 3. The number of rotatable bonds is 7. The van der Waals surface area contributed by atoms with Crippen molar-refractivity contribution in [3.05, 3.63) is 35.9 Å². The third kappa shape index (κ3) is 5.30. The van der Waals surface area contributed by atoms with E-state index in [9.17, 15) is 9.59 Å². The zero-order chi connectivity index (χ0) is 18.2. The van der Waals surface area contributed by atoms with Gasteiger partial charge in [0.15, 0.2) is 0 Å². The molecule has 1 aliphatic rings. The van der Waals surface area contributed by atoms with Crippen molar-refractivity contribution in [3.63, 3.8) is 0 Å². The van der Waals surface area contributed by atoms with Crippen molar-refractivity contribution in [2.24, 2.45) is 11.8 Å². The second kappa shape index (κ2) is 9.56. The van der Waals surface area contributed by atoms with Crippen LogP contribution in [0.3, 0.4) is 0 Å². The normalized spacial score (nSPS) is 20.0. The first-order valence-corrected chi connectivity index (χ1v) is 9.21. The van der Waals surface area contributed by atoms with E-state index < -0.39 is 0 Å². The molecule has 138 valence electrons. The topological polar surface area (TPSA) is 58.6 Å². The third-order valence-corrected chi connectivity index (χ3v) is 5.06. The van der Waals surface area contributed by atoms with Crippen LogP contribution in [0.1, 0.15) is 44.8 Å². The summed E-state index contributed by atoms with van der Waals surface area (Å²) in [5.74, 6) is 0.0754. The number of methoxy groups -OCH3 is 1. The molecule has 1 aromatic rings. The molecule has 25 heavy (non-hydrogen) atoms. The summed E-state index contributed by atoms with van der Waals surface area (Å²) in [5.41, 5.74) is 1.04. The van der Waals surface area contributed by atoms with Gasteiger partial charge in [-0.1, -0.05) is 44.2 Å². The van der Waals surface area contributed by atoms with E-state index >= 15 is 0 Å². The molecular weight excluding hydrogens is 316 g/mol. The van der Waals surface area contributed by atoms with E-state index in [1.165, 1.54) is 0 Å². The number of nitrogens with one attached hydrogen (secondary N) is 1. The molecule has 2 rings (SSSR count). The Morgan fingerprint density at radius 3 is 2.68 bits per heavy atom. The minimum Gasteiger partial charge on any atom is -0.375 e. The number of likely N-dealkylation sites (tertiary alicyclic amines) is 1. The Hall–Kier alpha value is -1.88. The highest BCUT2D eigenvalue weighted by Crippen LogP contribution is 2.20. The van der Waals surface area contributed by atoms with Crippen molar-refractivity contribution in [2.45, 2.75) is 39.2 Å². The Morgan fingerprint density at radius 2 is 2.04 bits per heavy atom. The zero-order valence-corrected chi connectivity index (χ0v) is 15.5. The first kappa shape index (κ1) is 19.4. The van der Waals surface area contributed by atoms with Gasteiger partial charge in [0.25, 0.3) is 0 Å². The van der Waals surface area contributed by atoms with E-state index in [-0.39, 0.29) is 29.8 Å². The van der Waals surface area contributed by atoms with Crippen LogP contribution in [-0.2, 0) is 14.3 Å². The summed E-state index contributed by atoms with van der Waals surface area (Å²) in [4.78, 5) is 26.8. The SMILES string of the molecule is CC[C@H](C)C(=O)N1CCC[C@H](C(=O)NC[C@H](OC)c2ccccc2)C1. The Balaban J connectivity index is 1.88. The van der Waals surface area contributed by atoms with E-state index in [0.717, 1.165) is 31.4 Å². The molecular formula is C20H30N2O3. The smallest absolute Gasteiger partial charge is 0.225 e. The van der Waals surface area contributed by atoms with Crippen LogP contribution >= 0.6 is 0 Å². The van der Waals surface area contributed by atoms with Gasteiger partial charge in [-0.25, -0.2) is 0 Å². The maximum absolute atomic E-state index is 12.6. The first-order chi connectivity index (χ1) is 12.1. The van der Waals surface area contributed by atoms with E-state index in [4.69, 9.17) is 4.74 Å². The van der Waals surface area contributed by atoms with Crippen LogP contribution in [-0.4, -0.2) is 43.5 Å². The number of nitrogens with zero attached hydrogens (tertiary/aromatic N) is 1. The minimum absolute atomic E-state index is 0.0135. The summed E-state index contributed by atoms with van der Waals surface area (Å²) < 4.78 is 5.50. The number of benzene rings is 1. The molecule has 1 heterocycles. The predicted molar refractivity (Wildman–Crippen MR) is 98.0 cm³/mol. The highest BCUT2D eigenvalue weighted by atomic mass is 16.5. The van der Waals surface area contributed by atoms with Crippen LogP contribution in [0.15, 0.2) is 30.3 Å². The van der Waals surface area contributed by atoms with Gasteiger partial charge in [-0.2, -0.15) is 0 Å². The average molecular weight is 346 g/mol. The van der Waals surface area contributed by atoms with E-state index in [0.29, 0.717) is 13.1 Å².